The molecule has 1 aromatic rings. The van der Waals surface area contributed by atoms with E-state index in [-0.39, 0.29) is 19.6 Å². The number of rotatable bonds is 8. The maximum absolute atomic E-state index is 12.0. The van der Waals surface area contributed by atoms with Crippen LogP contribution >= 0.6 is 0 Å². The SMILES string of the molecule is C=CCOc1cc(OC)ccc1C(=O)NCCC(=O)O. The summed E-state index contributed by atoms with van der Waals surface area (Å²) < 4.78 is 10.5. The summed E-state index contributed by atoms with van der Waals surface area (Å²) in [5, 5.41) is 11.1. The summed E-state index contributed by atoms with van der Waals surface area (Å²) in [7, 11) is 1.51. The van der Waals surface area contributed by atoms with Crippen molar-refractivity contribution in [1.29, 1.82) is 0 Å². The Balaban J connectivity index is 2.82. The zero-order valence-corrected chi connectivity index (χ0v) is 11.2. The maximum Gasteiger partial charge on any atom is 0.305 e. The maximum atomic E-state index is 12.0. The van der Waals surface area contributed by atoms with Gasteiger partial charge in [0.2, 0.25) is 0 Å². The normalized spacial score (nSPS) is 9.65. The zero-order chi connectivity index (χ0) is 15.0. The molecule has 6 nitrogen and oxygen atoms in total. The molecule has 0 saturated carbocycles. The van der Waals surface area contributed by atoms with E-state index in [0.29, 0.717) is 17.1 Å². The Morgan fingerprint density at radius 3 is 2.80 bits per heavy atom. The first kappa shape index (κ1) is 15.6. The molecule has 0 radical (unpaired) electrons. The van der Waals surface area contributed by atoms with Gasteiger partial charge in [-0.1, -0.05) is 12.7 Å². The van der Waals surface area contributed by atoms with Crippen LogP contribution < -0.4 is 14.8 Å². The first-order valence-electron chi connectivity index (χ1n) is 6.00. The molecule has 1 rings (SSSR count). The summed E-state index contributed by atoms with van der Waals surface area (Å²) in [6.45, 7) is 3.85. The van der Waals surface area contributed by atoms with Crippen LogP contribution in [0, 0.1) is 0 Å². The Labute approximate surface area is 117 Å². The van der Waals surface area contributed by atoms with Crippen LogP contribution in [0.3, 0.4) is 0 Å². The van der Waals surface area contributed by atoms with Gasteiger partial charge in [-0.3, -0.25) is 9.59 Å². The first-order valence-corrected chi connectivity index (χ1v) is 6.00. The lowest BCUT2D eigenvalue weighted by molar-refractivity contribution is -0.136. The third kappa shape index (κ3) is 4.64. The predicted octanol–water partition coefficient (Wildman–Crippen LogP) is 1.46. The van der Waals surface area contributed by atoms with Crippen molar-refractivity contribution in [3.05, 3.63) is 36.4 Å². The standard InChI is InChI=1S/C14H17NO5/c1-3-8-20-12-9-10(19-2)4-5-11(12)14(18)15-7-6-13(16)17/h3-5,9H,1,6-8H2,2H3,(H,15,18)(H,16,17). The minimum atomic E-state index is -0.969. The third-order valence-electron chi connectivity index (χ3n) is 2.41. The smallest absolute Gasteiger partial charge is 0.305 e. The van der Waals surface area contributed by atoms with Gasteiger partial charge in [-0.25, -0.2) is 0 Å². The van der Waals surface area contributed by atoms with Gasteiger partial charge in [-0.05, 0) is 12.1 Å². The number of carboxylic acid groups (broad SMARTS) is 1. The molecule has 0 spiro atoms. The van der Waals surface area contributed by atoms with Gasteiger partial charge in [0.25, 0.3) is 5.91 Å². The van der Waals surface area contributed by atoms with Crippen molar-refractivity contribution in [3.8, 4) is 11.5 Å². The molecule has 20 heavy (non-hydrogen) atoms. The minimum Gasteiger partial charge on any atom is -0.497 e. The van der Waals surface area contributed by atoms with Crippen LogP contribution in [0.1, 0.15) is 16.8 Å². The second-order valence-electron chi connectivity index (χ2n) is 3.86. The Kier molecular flexibility index (Phi) is 6.09. The number of ether oxygens (including phenoxy) is 2. The second-order valence-corrected chi connectivity index (χ2v) is 3.86. The van der Waals surface area contributed by atoms with E-state index >= 15 is 0 Å². The molecule has 1 aromatic carbocycles. The van der Waals surface area contributed by atoms with Gasteiger partial charge in [0.15, 0.2) is 0 Å². The molecule has 0 fully saturated rings. The summed E-state index contributed by atoms with van der Waals surface area (Å²) in [5.74, 6) is -0.445. The molecule has 108 valence electrons. The average molecular weight is 279 g/mol. The van der Waals surface area contributed by atoms with E-state index in [1.807, 2.05) is 0 Å². The van der Waals surface area contributed by atoms with Crippen LogP contribution in [0.4, 0.5) is 0 Å². The fourth-order valence-corrected chi connectivity index (χ4v) is 1.46. The number of hydrogen-bond donors (Lipinski definition) is 2. The molecule has 0 unspecified atom stereocenters. The number of aliphatic carboxylic acids is 1. The summed E-state index contributed by atoms with van der Waals surface area (Å²) in [6.07, 6.45) is 1.43. The van der Waals surface area contributed by atoms with Crippen molar-refractivity contribution in [3.63, 3.8) is 0 Å². The quantitative estimate of drug-likeness (QED) is 0.704. The van der Waals surface area contributed by atoms with Gasteiger partial charge >= 0.3 is 5.97 Å². The highest BCUT2D eigenvalue weighted by atomic mass is 16.5. The number of benzene rings is 1. The molecule has 2 N–H and O–H groups in total. The van der Waals surface area contributed by atoms with Gasteiger partial charge in [-0.2, -0.15) is 0 Å². The highest BCUT2D eigenvalue weighted by Crippen LogP contribution is 2.24. The Bertz CT molecular complexity index is 498. The van der Waals surface area contributed by atoms with Crippen molar-refractivity contribution in [2.75, 3.05) is 20.3 Å². The Hall–Kier alpha value is -2.50. The number of methoxy groups -OCH3 is 1. The molecular weight excluding hydrogens is 262 g/mol. The Morgan fingerprint density at radius 1 is 1.45 bits per heavy atom. The molecule has 0 saturated heterocycles. The molecule has 0 bridgehead atoms. The largest absolute Gasteiger partial charge is 0.497 e. The van der Waals surface area contributed by atoms with E-state index in [1.54, 1.807) is 24.3 Å². The molecule has 0 aromatic heterocycles. The number of carboxylic acids is 1. The van der Waals surface area contributed by atoms with E-state index in [2.05, 4.69) is 11.9 Å². The van der Waals surface area contributed by atoms with Crippen LogP contribution in [0.25, 0.3) is 0 Å². The summed E-state index contributed by atoms with van der Waals surface area (Å²) >= 11 is 0. The van der Waals surface area contributed by atoms with Gasteiger partial charge in [0, 0.05) is 12.6 Å². The van der Waals surface area contributed by atoms with Crippen molar-refractivity contribution in [2.45, 2.75) is 6.42 Å². The van der Waals surface area contributed by atoms with Crippen LogP contribution in [0.5, 0.6) is 11.5 Å². The third-order valence-corrected chi connectivity index (χ3v) is 2.41. The van der Waals surface area contributed by atoms with Gasteiger partial charge in [-0.15, -0.1) is 0 Å². The molecular formula is C14H17NO5. The van der Waals surface area contributed by atoms with E-state index in [0.717, 1.165) is 0 Å². The summed E-state index contributed by atoms with van der Waals surface area (Å²) in [6, 6.07) is 4.79. The van der Waals surface area contributed by atoms with Crippen LogP contribution in [-0.4, -0.2) is 37.2 Å². The molecule has 0 aliphatic heterocycles. The number of amides is 1. The van der Waals surface area contributed by atoms with E-state index in [9.17, 15) is 9.59 Å². The first-order chi connectivity index (χ1) is 9.58. The fraction of sp³-hybridized carbons (Fsp3) is 0.286. The second kappa shape index (κ2) is 7.83. The average Bonchev–Trinajstić information content (AvgIpc) is 2.44. The van der Waals surface area contributed by atoms with Crippen molar-refractivity contribution >= 4 is 11.9 Å². The van der Waals surface area contributed by atoms with E-state index in [1.165, 1.54) is 7.11 Å². The lowest BCUT2D eigenvalue weighted by Gasteiger charge is -2.11. The number of nitrogens with one attached hydrogen (secondary N) is 1. The molecule has 0 heterocycles. The molecule has 6 heteroatoms. The Morgan fingerprint density at radius 2 is 2.20 bits per heavy atom. The molecule has 1 amide bonds. The number of hydrogen-bond acceptors (Lipinski definition) is 4. The lowest BCUT2D eigenvalue weighted by atomic mass is 10.1. The van der Waals surface area contributed by atoms with Crippen LogP contribution in [0.15, 0.2) is 30.9 Å². The molecule has 0 atom stereocenters. The summed E-state index contributed by atoms with van der Waals surface area (Å²) in [5.41, 5.74) is 0.318. The van der Waals surface area contributed by atoms with E-state index < -0.39 is 11.9 Å². The van der Waals surface area contributed by atoms with Gasteiger partial charge < -0.3 is 19.9 Å². The topological polar surface area (TPSA) is 84.9 Å². The van der Waals surface area contributed by atoms with Gasteiger partial charge in [0.1, 0.15) is 18.1 Å². The van der Waals surface area contributed by atoms with Crippen molar-refractivity contribution in [1.82, 2.24) is 5.32 Å². The predicted molar refractivity (Wildman–Crippen MR) is 73.3 cm³/mol. The monoisotopic (exact) mass is 279 g/mol. The summed E-state index contributed by atoms with van der Waals surface area (Å²) in [4.78, 5) is 22.4. The lowest BCUT2D eigenvalue weighted by Crippen LogP contribution is -2.26. The highest BCUT2D eigenvalue weighted by Gasteiger charge is 2.13. The van der Waals surface area contributed by atoms with Crippen molar-refractivity contribution < 1.29 is 24.2 Å². The number of carbonyl (C=O) groups is 2. The zero-order valence-electron chi connectivity index (χ0n) is 11.2. The molecule has 0 aliphatic carbocycles. The molecule has 0 aliphatic rings. The van der Waals surface area contributed by atoms with Gasteiger partial charge in [0.05, 0.1) is 19.1 Å². The fourth-order valence-electron chi connectivity index (χ4n) is 1.46. The van der Waals surface area contributed by atoms with Crippen molar-refractivity contribution in [2.24, 2.45) is 0 Å². The van der Waals surface area contributed by atoms with E-state index in [4.69, 9.17) is 14.6 Å². The highest BCUT2D eigenvalue weighted by molar-refractivity contribution is 5.97. The van der Waals surface area contributed by atoms with Crippen LogP contribution in [-0.2, 0) is 4.79 Å². The number of carbonyl (C=O) groups excluding carboxylic acids is 1. The minimum absolute atomic E-state index is 0.0566. The van der Waals surface area contributed by atoms with Crippen LogP contribution in [0.2, 0.25) is 0 Å².